The van der Waals surface area contributed by atoms with Crippen LogP contribution in [0, 0.1) is 5.41 Å². The lowest BCUT2D eigenvalue weighted by atomic mass is 9.94. The number of rotatable bonds is 5. The Bertz CT molecular complexity index is 364. The van der Waals surface area contributed by atoms with E-state index in [0.29, 0.717) is 0 Å². The summed E-state index contributed by atoms with van der Waals surface area (Å²) in [6.07, 6.45) is 4.76. The van der Waals surface area contributed by atoms with Crippen molar-refractivity contribution in [1.82, 2.24) is 0 Å². The number of benzene rings is 1. The molecule has 1 rings (SSSR count). The molecule has 0 fully saturated rings. The molecule has 0 saturated carbocycles. The Balaban J connectivity index is 2.99. The van der Waals surface area contributed by atoms with Gasteiger partial charge in [0.1, 0.15) is 0 Å². The second kappa shape index (κ2) is 5.50. The predicted molar refractivity (Wildman–Crippen MR) is 67.6 cm³/mol. The van der Waals surface area contributed by atoms with E-state index < -0.39 is 0 Å². The first kappa shape index (κ1) is 11.7. The zero-order valence-electron chi connectivity index (χ0n) is 9.64. The van der Waals surface area contributed by atoms with Crippen LogP contribution < -0.4 is 0 Å². The van der Waals surface area contributed by atoms with Crippen molar-refractivity contribution in [2.24, 2.45) is 0 Å². The Morgan fingerprint density at radius 1 is 1.47 bits per heavy atom. The Hall–Kier alpha value is -1.37. The summed E-state index contributed by atoms with van der Waals surface area (Å²) < 4.78 is 0. The first-order valence-corrected chi connectivity index (χ1v) is 5.46. The smallest absolute Gasteiger partial charge is 0.00615 e. The minimum absolute atomic E-state index is 0.746. The SMILES string of the molecule is C=Cc1cccc(CC)c1CCC(C)=N. The van der Waals surface area contributed by atoms with E-state index in [4.69, 9.17) is 5.41 Å². The van der Waals surface area contributed by atoms with Gasteiger partial charge < -0.3 is 5.41 Å². The van der Waals surface area contributed by atoms with E-state index in [9.17, 15) is 0 Å². The van der Waals surface area contributed by atoms with Gasteiger partial charge in [-0.15, -0.1) is 0 Å². The van der Waals surface area contributed by atoms with E-state index in [-0.39, 0.29) is 0 Å². The molecule has 1 nitrogen and oxygen atoms in total. The predicted octanol–water partition coefficient (Wildman–Crippen LogP) is 3.86. The van der Waals surface area contributed by atoms with Crippen LogP contribution in [0.3, 0.4) is 0 Å². The van der Waals surface area contributed by atoms with E-state index in [2.05, 4.69) is 31.7 Å². The zero-order chi connectivity index (χ0) is 11.3. The highest BCUT2D eigenvalue weighted by atomic mass is 14.4. The van der Waals surface area contributed by atoms with Crippen molar-refractivity contribution >= 4 is 11.8 Å². The van der Waals surface area contributed by atoms with Crippen LogP contribution in [0.15, 0.2) is 24.8 Å². The molecule has 0 atom stereocenters. The number of hydrogen-bond acceptors (Lipinski definition) is 1. The molecule has 0 aliphatic heterocycles. The van der Waals surface area contributed by atoms with E-state index >= 15 is 0 Å². The molecule has 0 saturated heterocycles. The summed E-state index contributed by atoms with van der Waals surface area (Å²) in [7, 11) is 0. The minimum Gasteiger partial charge on any atom is -0.310 e. The standard InChI is InChI=1S/C14H19N/c1-4-12-7-6-8-13(5-2)14(12)10-9-11(3)15/h4,6-8,15H,1,5,9-10H2,2-3H3. The van der Waals surface area contributed by atoms with Gasteiger partial charge in [-0.25, -0.2) is 0 Å². The molecule has 0 heterocycles. The highest BCUT2D eigenvalue weighted by Gasteiger charge is 2.04. The Morgan fingerprint density at radius 2 is 2.20 bits per heavy atom. The van der Waals surface area contributed by atoms with Crippen molar-refractivity contribution < 1.29 is 0 Å². The normalized spacial score (nSPS) is 10.0. The number of aryl methyl sites for hydroxylation is 1. The third kappa shape index (κ3) is 3.05. The molecule has 1 aromatic rings. The van der Waals surface area contributed by atoms with E-state index in [1.165, 1.54) is 16.7 Å². The van der Waals surface area contributed by atoms with Crippen LogP contribution in [-0.2, 0) is 12.8 Å². The fourth-order valence-electron chi connectivity index (χ4n) is 1.79. The minimum atomic E-state index is 0.746. The largest absolute Gasteiger partial charge is 0.310 e. The first-order chi connectivity index (χ1) is 7.19. The molecule has 0 aliphatic carbocycles. The van der Waals surface area contributed by atoms with Gasteiger partial charge in [0.25, 0.3) is 0 Å². The van der Waals surface area contributed by atoms with Crippen LogP contribution >= 0.6 is 0 Å². The van der Waals surface area contributed by atoms with Crippen molar-refractivity contribution in [1.29, 1.82) is 5.41 Å². The Labute approximate surface area is 92.3 Å². The van der Waals surface area contributed by atoms with Crippen molar-refractivity contribution in [3.63, 3.8) is 0 Å². The summed E-state index contributed by atoms with van der Waals surface area (Å²) >= 11 is 0. The average Bonchev–Trinajstić information content (AvgIpc) is 2.25. The molecule has 1 N–H and O–H groups in total. The highest BCUT2D eigenvalue weighted by Crippen LogP contribution is 2.18. The second-order valence-electron chi connectivity index (χ2n) is 3.82. The van der Waals surface area contributed by atoms with Gasteiger partial charge in [0.2, 0.25) is 0 Å². The van der Waals surface area contributed by atoms with Crippen LogP contribution in [0.2, 0.25) is 0 Å². The van der Waals surface area contributed by atoms with E-state index in [1.807, 2.05) is 13.0 Å². The molecule has 0 aromatic heterocycles. The molecule has 0 spiro atoms. The van der Waals surface area contributed by atoms with Crippen molar-refractivity contribution in [3.05, 3.63) is 41.5 Å². The molecule has 0 aliphatic rings. The van der Waals surface area contributed by atoms with Crippen LogP contribution in [0.1, 0.15) is 37.0 Å². The third-order valence-electron chi connectivity index (χ3n) is 2.66. The molecular formula is C14H19N. The van der Waals surface area contributed by atoms with Gasteiger partial charge >= 0.3 is 0 Å². The maximum absolute atomic E-state index is 7.47. The summed E-state index contributed by atoms with van der Waals surface area (Å²) in [6.45, 7) is 7.87. The van der Waals surface area contributed by atoms with E-state index in [1.54, 1.807) is 0 Å². The van der Waals surface area contributed by atoms with Gasteiger partial charge in [0, 0.05) is 5.71 Å². The summed E-state index contributed by atoms with van der Waals surface area (Å²) in [6, 6.07) is 6.35. The van der Waals surface area contributed by atoms with Crippen molar-refractivity contribution in [2.75, 3.05) is 0 Å². The molecule has 1 aromatic carbocycles. The molecule has 1 heteroatoms. The van der Waals surface area contributed by atoms with Crippen LogP contribution in [0.4, 0.5) is 0 Å². The third-order valence-corrected chi connectivity index (χ3v) is 2.66. The van der Waals surface area contributed by atoms with E-state index in [0.717, 1.165) is 25.0 Å². The monoisotopic (exact) mass is 201 g/mol. The molecule has 80 valence electrons. The van der Waals surface area contributed by atoms with Gasteiger partial charge in [0.15, 0.2) is 0 Å². The number of hydrogen-bond donors (Lipinski definition) is 1. The van der Waals surface area contributed by atoms with Gasteiger partial charge in [-0.2, -0.15) is 0 Å². The van der Waals surface area contributed by atoms with Gasteiger partial charge in [-0.05, 0) is 42.9 Å². The van der Waals surface area contributed by atoms with Crippen LogP contribution in [0.5, 0.6) is 0 Å². The molecule has 0 amide bonds. The molecular weight excluding hydrogens is 182 g/mol. The fraction of sp³-hybridized carbons (Fsp3) is 0.357. The average molecular weight is 201 g/mol. The van der Waals surface area contributed by atoms with Gasteiger partial charge in [-0.3, -0.25) is 0 Å². The number of nitrogens with one attached hydrogen (secondary N) is 1. The highest BCUT2D eigenvalue weighted by molar-refractivity contribution is 5.79. The fourth-order valence-corrected chi connectivity index (χ4v) is 1.79. The first-order valence-electron chi connectivity index (χ1n) is 5.46. The Kier molecular flexibility index (Phi) is 4.29. The lowest BCUT2D eigenvalue weighted by Gasteiger charge is -2.11. The summed E-state index contributed by atoms with van der Waals surface area (Å²) in [5.41, 5.74) is 4.71. The zero-order valence-corrected chi connectivity index (χ0v) is 9.64. The lowest BCUT2D eigenvalue weighted by molar-refractivity contribution is 0.974. The molecule has 0 bridgehead atoms. The molecule has 0 radical (unpaired) electrons. The Morgan fingerprint density at radius 3 is 2.73 bits per heavy atom. The van der Waals surface area contributed by atoms with Crippen molar-refractivity contribution in [3.8, 4) is 0 Å². The quantitative estimate of drug-likeness (QED) is 0.699. The summed E-state index contributed by atoms with van der Waals surface area (Å²) in [5, 5.41) is 7.47. The molecule has 0 unspecified atom stereocenters. The van der Waals surface area contributed by atoms with Crippen molar-refractivity contribution in [2.45, 2.75) is 33.1 Å². The van der Waals surface area contributed by atoms with Gasteiger partial charge in [0.05, 0.1) is 0 Å². The van der Waals surface area contributed by atoms with Gasteiger partial charge in [-0.1, -0.05) is 37.8 Å². The summed E-state index contributed by atoms with van der Waals surface area (Å²) in [4.78, 5) is 0. The maximum Gasteiger partial charge on any atom is 0.00615 e. The molecule has 15 heavy (non-hydrogen) atoms. The van der Waals surface area contributed by atoms with Crippen LogP contribution in [-0.4, -0.2) is 5.71 Å². The summed E-state index contributed by atoms with van der Waals surface area (Å²) in [5.74, 6) is 0. The topological polar surface area (TPSA) is 23.9 Å². The van der Waals surface area contributed by atoms with Crippen LogP contribution in [0.25, 0.3) is 6.08 Å². The maximum atomic E-state index is 7.47. The lowest BCUT2D eigenvalue weighted by Crippen LogP contribution is -2.00. The second-order valence-corrected chi connectivity index (χ2v) is 3.82.